The summed E-state index contributed by atoms with van der Waals surface area (Å²) in [6, 6.07) is 7.94. The Balaban J connectivity index is 1.22. The third-order valence-electron chi connectivity index (χ3n) is 6.15. The van der Waals surface area contributed by atoms with Crippen LogP contribution >= 0.6 is 0 Å². The van der Waals surface area contributed by atoms with Crippen LogP contribution in [0.15, 0.2) is 24.3 Å². The van der Waals surface area contributed by atoms with Crippen LogP contribution in [0.5, 0.6) is 11.5 Å². The van der Waals surface area contributed by atoms with E-state index in [2.05, 4.69) is 42.7 Å². The minimum absolute atomic E-state index is 0.263. The van der Waals surface area contributed by atoms with Gasteiger partial charge < -0.3 is 29.9 Å². The van der Waals surface area contributed by atoms with Gasteiger partial charge in [0.15, 0.2) is 17.3 Å². The van der Waals surface area contributed by atoms with E-state index in [0.29, 0.717) is 36.1 Å². The maximum atomic E-state index is 5.49. The van der Waals surface area contributed by atoms with E-state index in [1.165, 1.54) is 12.8 Å². The second-order valence-electron chi connectivity index (χ2n) is 8.72. The maximum Gasteiger partial charge on any atom is 0.235 e. The quantitative estimate of drug-likeness (QED) is 0.496. The summed E-state index contributed by atoms with van der Waals surface area (Å²) in [7, 11) is 2.13. The van der Waals surface area contributed by atoms with Crippen molar-refractivity contribution in [2.75, 3.05) is 55.6 Å². The minimum Gasteiger partial charge on any atom is -0.454 e. The molecule has 0 spiro atoms. The van der Waals surface area contributed by atoms with Crippen LogP contribution in [-0.2, 0) is 6.54 Å². The molecule has 1 saturated carbocycles. The summed E-state index contributed by atoms with van der Waals surface area (Å²) < 4.78 is 10.9. The summed E-state index contributed by atoms with van der Waals surface area (Å²) in [5, 5.41) is 14.1. The molecule has 172 valence electrons. The molecule has 2 fully saturated rings. The van der Waals surface area contributed by atoms with E-state index in [0.717, 1.165) is 48.9 Å². The Bertz CT molecular complexity index is 1140. The molecule has 33 heavy (non-hydrogen) atoms. The lowest BCUT2D eigenvalue weighted by Gasteiger charge is -2.32. The average Bonchev–Trinajstić information content (AvgIpc) is 3.39. The molecular weight excluding hydrogens is 422 g/mol. The molecule has 2 aromatic heterocycles. The highest BCUT2D eigenvalue weighted by Gasteiger charge is 2.26. The number of aromatic amines is 1. The van der Waals surface area contributed by atoms with Crippen LogP contribution in [0.1, 0.15) is 30.0 Å². The van der Waals surface area contributed by atoms with Crippen molar-refractivity contribution in [3.63, 3.8) is 0 Å². The molecule has 1 aliphatic carbocycles. The highest BCUT2D eigenvalue weighted by Crippen LogP contribution is 2.39. The van der Waals surface area contributed by atoms with Gasteiger partial charge in [0.1, 0.15) is 0 Å². The van der Waals surface area contributed by atoms with E-state index in [1.54, 1.807) is 0 Å². The summed E-state index contributed by atoms with van der Waals surface area (Å²) in [5.74, 6) is 4.49. The number of anilines is 4. The van der Waals surface area contributed by atoms with Crippen molar-refractivity contribution in [2.45, 2.75) is 25.3 Å². The monoisotopic (exact) mass is 449 g/mol. The minimum atomic E-state index is 0.263. The standard InChI is InChI=1S/C22H27N9O2/c1-30-6-8-31(9-7-30)22-26-20(23-12-14-2-5-17-18(10-14)33-13-32-17)25-21(27-22)24-19-11-16(28-29-19)15-3-4-15/h2,5,10-11,15H,3-4,6-9,12-13H2,1H3,(H3,23,24,25,26,27,28,29). The van der Waals surface area contributed by atoms with Crippen molar-refractivity contribution in [1.82, 2.24) is 30.0 Å². The van der Waals surface area contributed by atoms with Gasteiger partial charge in [0, 0.05) is 50.4 Å². The van der Waals surface area contributed by atoms with E-state index in [1.807, 2.05) is 24.3 Å². The van der Waals surface area contributed by atoms with Gasteiger partial charge in [0.05, 0.1) is 0 Å². The topological polar surface area (TPSA) is 116 Å². The van der Waals surface area contributed by atoms with Gasteiger partial charge in [0.2, 0.25) is 24.6 Å². The first-order chi connectivity index (χ1) is 16.2. The van der Waals surface area contributed by atoms with E-state index in [-0.39, 0.29) is 6.79 Å². The number of aromatic nitrogens is 5. The molecule has 3 aromatic rings. The van der Waals surface area contributed by atoms with Gasteiger partial charge in [-0.1, -0.05) is 6.07 Å². The van der Waals surface area contributed by atoms with Crippen molar-refractivity contribution in [3.05, 3.63) is 35.5 Å². The molecule has 4 heterocycles. The second kappa shape index (κ2) is 8.39. The molecule has 2 aliphatic heterocycles. The lowest BCUT2D eigenvalue weighted by atomic mass is 10.2. The van der Waals surface area contributed by atoms with Crippen LogP contribution in [0, 0.1) is 0 Å². The van der Waals surface area contributed by atoms with Crippen molar-refractivity contribution >= 4 is 23.7 Å². The first-order valence-corrected chi connectivity index (χ1v) is 11.3. The van der Waals surface area contributed by atoms with E-state index < -0.39 is 0 Å². The fraction of sp³-hybridized carbons (Fsp3) is 0.455. The predicted octanol–water partition coefficient (Wildman–Crippen LogP) is 2.31. The maximum absolute atomic E-state index is 5.49. The lowest BCUT2D eigenvalue weighted by Crippen LogP contribution is -2.45. The number of piperazine rings is 1. The summed E-state index contributed by atoms with van der Waals surface area (Å²) in [4.78, 5) is 18.5. The Hall–Kier alpha value is -3.60. The number of likely N-dealkylation sites (N-methyl/N-ethyl adjacent to an activating group) is 1. The molecule has 3 N–H and O–H groups in total. The zero-order valence-electron chi connectivity index (χ0n) is 18.5. The highest BCUT2D eigenvalue weighted by molar-refractivity contribution is 5.53. The van der Waals surface area contributed by atoms with E-state index in [9.17, 15) is 0 Å². The summed E-state index contributed by atoms with van der Waals surface area (Å²) in [6.07, 6.45) is 2.43. The second-order valence-corrected chi connectivity index (χ2v) is 8.72. The molecule has 11 nitrogen and oxygen atoms in total. The first kappa shape index (κ1) is 20.0. The lowest BCUT2D eigenvalue weighted by molar-refractivity contribution is 0.174. The van der Waals surface area contributed by atoms with Crippen LogP contribution in [0.4, 0.5) is 23.7 Å². The fourth-order valence-electron chi connectivity index (χ4n) is 4.00. The summed E-state index contributed by atoms with van der Waals surface area (Å²) in [6.45, 7) is 4.50. The SMILES string of the molecule is CN1CCN(c2nc(NCc3ccc4c(c3)OCO4)nc(Nc3cc(C4CC4)[nH]n3)n2)CC1. The Labute approximate surface area is 191 Å². The third kappa shape index (κ3) is 4.49. The van der Waals surface area contributed by atoms with Gasteiger partial charge in [0.25, 0.3) is 0 Å². The summed E-state index contributed by atoms with van der Waals surface area (Å²) in [5.41, 5.74) is 2.21. The Kier molecular flexibility index (Phi) is 5.10. The predicted molar refractivity (Wildman–Crippen MR) is 123 cm³/mol. The van der Waals surface area contributed by atoms with E-state index >= 15 is 0 Å². The largest absolute Gasteiger partial charge is 0.454 e. The van der Waals surface area contributed by atoms with Crippen molar-refractivity contribution in [3.8, 4) is 11.5 Å². The number of ether oxygens (including phenoxy) is 2. The number of nitrogens with one attached hydrogen (secondary N) is 3. The molecular formula is C22H27N9O2. The Morgan fingerprint density at radius 1 is 1.00 bits per heavy atom. The molecule has 0 amide bonds. The van der Waals surface area contributed by atoms with Gasteiger partial charge in [-0.25, -0.2) is 0 Å². The first-order valence-electron chi connectivity index (χ1n) is 11.3. The van der Waals surface area contributed by atoms with Crippen molar-refractivity contribution in [1.29, 1.82) is 0 Å². The number of nitrogens with zero attached hydrogens (tertiary/aromatic N) is 6. The molecule has 0 radical (unpaired) electrons. The van der Waals surface area contributed by atoms with Crippen LogP contribution < -0.4 is 25.0 Å². The molecule has 0 unspecified atom stereocenters. The van der Waals surface area contributed by atoms with Gasteiger partial charge in [-0.15, -0.1) is 0 Å². The molecule has 6 rings (SSSR count). The molecule has 0 atom stereocenters. The van der Waals surface area contributed by atoms with Crippen LogP contribution in [0.2, 0.25) is 0 Å². The zero-order valence-corrected chi connectivity index (χ0v) is 18.5. The van der Waals surface area contributed by atoms with Gasteiger partial charge in [-0.05, 0) is 37.6 Å². The number of fused-ring (bicyclic) bond motifs is 1. The Morgan fingerprint density at radius 2 is 1.82 bits per heavy atom. The third-order valence-corrected chi connectivity index (χ3v) is 6.15. The molecule has 0 bridgehead atoms. The number of benzene rings is 1. The number of hydrogen-bond acceptors (Lipinski definition) is 10. The smallest absolute Gasteiger partial charge is 0.235 e. The van der Waals surface area contributed by atoms with Gasteiger partial charge >= 0.3 is 0 Å². The van der Waals surface area contributed by atoms with E-state index in [4.69, 9.17) is 19.4 Å². The number of hydrogen-bond donors (Lipinski definition) is 3. The molecule has 1 aromatic carbocycles. The fourth-order valence-corrected chi connectivity index (χ4v) is 4.00. The molecule has 3 aliphatic rings. The highest BCUT2D eigenvalue weighted by atomic mass is 16.7. The molecule has 11 heteroatoms. The van der Waals surface area contributed by atoms with Crippen molar-refractivity contribution in [2.24, 2.45) is 0 Å². The zero-order chi connectivity index (χ0) is 22.2. The normalized spacial score (nSPS) is 17.9. The van der Waals surface area contributed by atoms with Crippen molar-refractivity contribution < 1.29 is 9.47 Å². The summed E-state index contributed by atoms with van der Waals surface area (Å²) >= 11 is 0. The Morgan fingerprint density at radius 3 is 2.67 bits per heavy atom. The number of H-pyrrole nitrogens is 1. The molecule has 1 saturated heterocycles. The van der Waals surface area contributed by atoms with Gasteiger partial charge in [-0.2, -0.15) is 20.1 Å². The number of rotatable bonds is 7. The van der Waals surface area contributed by atoms with Gasteiger partial charge in [-0.3, -0.25) is 5.10 Å². The van der Waals surface area contributed by atoms with Crippen LogP contribution in [-0.4, -0.2) is 70.1 Å². The van der Waals surface area contributed by atoms with Crippen LogP contribution in [0.25, 0.3) is 0 Å². The average molecular weight is 450 g/mol. The van der Waals surface area contributed by atoms with Crippen LogP contribution in [0.3, 0.4) is 0 Å².